The Kier molecular flexibility index (Phi) is 5.19. The van der Waals surface area contributed by atoms with Gasteiger partial charge in [-0.15, -0.1) is 0 Å². The second kappa shape index (κ2) is 7.94. The number of hydrogen-bond donors (Lipinski definition) is 0. The van der Waals surface area contributed by atoms with Crippen molar-refractivity contribution in [3.63, 3.8) is 0 Å². The molecule has 0 saturated heterocycles. The maximum atomic E-state index is 13.3. The van der Waals surface area contributed by atoms with Crippen LogP contribution in [0, 0.1) is 0 Å². The lowest BCUT2D eigenvalue weighted by atomic mass is 10.1. The quantitative estimate of drug-likeness (QED) is 0.467. The highest BCUT2D eigenvalue weighted by Gasteiger charge is 2.13. The summed E-state index contributed by atoms with van der Waals surface area (Å²) in [5.41, 5.74) is 3.26. The molecule has 0 fully saturated rings. The molecule has 0 aliphatic rings. The van der Waals surface area contributed by atoms with Gasteiger partial charge in [-0.3, -0.25) is 9.36 Å². The first-order valence-electron chi connectivity index (χ1n) is 9.27. The van der Waals surface area contributed by atoms with Crippen LogP contribution in [0.5, 0.6) is 0 Å². The topological polar surface area (TPSA) is 38.1 Å². The van der Waals surface area contributed by atoms with E-state index in [2.05, 4.69) is 12.1 Å². The van der Waals surface area contributed by atoms with Crippen LogP contribution < -0.4 is 10.5 Å². The third-order valence-electron chi connectivity index (χ3n) is 4.73. The minimum atomic E-state index is -0.147. The van der Waals surface area contributed by atoms with Crippen molar-refractivity contribution in [2.45, 2.75) is 0 Å². The fraction of sp³-hybridized carbons (Fsp3) is 0.0833. The molecule has 0 atom stereocenters. The molecule has 0 saturated carbocycles. The fourth-order valence-corrected chi connectivity index (χ4v) is 3.40. The number of anilines is 1. The van der Waals surface area contributed by atoms with Gasteiger partial charge in [0.15, 0.2) is 0 Å². The van der Waals surface area contributed by atoms with Crippen LogP contribution in [0.15, 0.2) is 77.6 Å². The van der Waals surface area contributed by atoms with E-state index in [-0.39, 0.29) is 5.56 Å². The zero-order valence-corrected chi connectivity index (χ0v) is 17.0. The number of nitrogens with zero attached hydrogens (tertiary/aromatic N) is 3. The second-order valence-electron chi connectivity index (χ2n) is 6.90. The minimum Gasteiger partial charge on any atom is -0.378 e. The average Bonchev–Trinajstić information content (AvgIpc) is 2.73. The third-order valence-corrected chi connectivity index (χ3v) is 5.05. The monoisotopic (exact) mass is 401 g/mol. The smallest absolute Gasteiger partial charge is 0.266 e. The van der Waals surface area contributed by atoms with E-state index in [1.807, 2.05) is 79.7 Å². The molecule has 144 valence electrons. The maximum Gasteiger partial charge on any atom is 0.266 e. The molecule has 3 aromatic carbocycles. The van der Waals surface area contributed by atoms with Crippen LogP contribution in [0.3, 0.4) is 0 Å². The van der Waals surface area contributed by atoms with Crippen LogP contribution in [-0.2, 0) is 0 Å². The maximum absolute atomic E-state index is 13.3. The van der Waals surface area contributed by atoms with E-state index in [1.54, 1.807) is 16.7 Å². The van der Waals surface area contributed by atoms with E-state index in [1.165, 1.54) is 0 Å². The number of fused-ring (bicyclic) bond motifs is 1. The molecule has 0 aliphatic heterocycles. The van der Waals surface area contributed by atoms with Gasteiger partial charge in [-0.25, -0.2) is 4.98 Å². The molecule has 0 N–H and O–H groups in total. The van der Waals surface area contributed by atoms with E-state index in [4.69, 9.17) is 16.6 Å². The summed E-state index contributed by atoms with van der Waals surface area (Å²) < 4.78 is 1.56. The van der Waals surface area contributed by atoms with Gasteiger partial charge in [0.1, 0.15) is 5.82 Å². The van der Waals surface area contributed by atoms with E-state index in [0.29, 0.717) is 27.4 Å². The van der Waals surface area contributed by atoms with Gasteiger partial charge in [-0.1, -0.05) is 54.1 Å². The molecule has 0 bridgehead atoms. The van der Waals surface area contributed by atoms with Gasteiger partial charge in [0, 0.05) is 19.8 Å². The molecule has 4 nitrogen and oxygen atoms in total. The summed E-state index contributed by atoms with van der Waals surface area (Å²) in [6.45, 7) is 0. The van der Waals surface area contributed by atoms with Crippen LogP contribution >= 0.6 is 11.6 Å². The Morgan fingerprint density at radius 1 is 0.897 bits per heavy atom. The molecule has 1 heterocycles. The van der Waals surface area contributed by atoms with Crippen molar-refractivity contribution < 1.29 is 0 Å². The molecule has 0 amide bonds. The van der Waals surface area contributed by atoms with Gasteiger partial charge in [-0.2, -0.15) is 0 Å². The van der Waals surface area contributed by atoms with Crippen LogP contribution in [0.25, 0.3) is 28.7 Å². The molecule has 0 radical (unpaired) electrons. The Balaban J connectivity index is 1.88. The van der Waals surface area contributed by atoms with Crippen molar-refractivity contribution in [2.24, 2.45) is 0 Å². The number of rotatable bonds is 4. The lowest BCUT2D eigenvalue weighted by Crippen LogP contribution is -2.22. The summed E-state index contributed by atoms with van der Waals surface area (Å²) >= 11 is 6.40. The van der Waals surface area contributed by atoms with E-state index in [0.717, 1.165) is 11.3 Å². The number of hydrogen-bond acceptors (Lipinski definition) is 3. The van der Waals surface area contributed by atoms with Gasteiger partial charge < -0.3 is 4.90 Å². The number of halogens is 1. The van der Waals surface area contributed by atoms with Gasteiger partial charge in [0.05, 0.1) is 21.6 Å². The SMILES string of the molecule is CN(C)c1ccc(C=Cc2nc3ccccc3c(=O)n2-c2ccccc2Cl)cc1. The van der Waals surface area contributed by atoms with Crippen molar-refractivity contribution in [1.29, 1.82) is 0 Å². The van der Waals surface area contributed by atoms with Crippen LogP contribution in [-0.4, -0.2) is 23.6 Å². The largest absolute Gasteiger partial charge is 0.378 e. The first-order chi connectivity index (χ1) is 14.0. The number of aromatic nitrogens is 2. The third kappa shape index (κ3) is 3.80. The highest BCUT2D eigenvalue weighted by atomic mass is 35.5. The molecule has 0 aliphatic carbocycles. The summed E-state index contributed by atoms with van der Waals surface area (Å²) in [6.07, 6.45) is 3.80. The Labute approximate surface area is 174 Å². The molecule has 0 spiro atoms. The number of benzene rings is 3. The van der Waals surface area contributed by atoms with Gasteiger partial charge in [-0.05, 0) is 48.0 Å². The fourth-order valence-electron chi connectivity index (χ4n) is 3.18. The van der Waals surface area contributed by atoms with Crippen molar-refractivity contribution in [2.75, 3.05) is 19.0 Å². The molecule has 4 aromatic rings. The van der Waals surface area contributed by atoms with Gasteiger partial charge >= 0.3 is 0 Å². The lowest BCUT2D eigenvalue weighted by Gasteiger charge is -2.13. The molecule has 4 rings (SSSR count). The predicted octanol–water partition coefficient (Wildman–Crippen LogP) is 5.28. The molecule has 0 unspecified atom stereocenters. The first-order valence-corrected chi connectivity index (χ1v) is 9.64. The molecule has 29 heavy (non-hydrogen) atoms. The highest BCUT2D eigenvalue weighted by molar-refractivity contribution is 6.32. The van der Waals surface area contributed by atoms with Crippen molar-refractivity contribution in [1.82, 2.24) is 9.55 Å². The Hall–Kier alpha value is -3.37. The van der Waals surface area contributed by atoms with E-state index < -0.39 is 0 Å². The number of para-hydroxylation sites is 2. The van der Waals surface area contributed by atoms with E-state index >= 15 is 0 Å². The summed E-state index contributed by atoms with van der Waals surface area (Å²) in [5, 5.41) is 1.05. The Morgan fingerprint density at radius 2 is 1.59 bits per heavy atom. The van der Waals surface area contributed by atoms with Crippen LogP contribution in [0.2, 0.25) is 5.02 Å². The highest BCUT2D eigenvalue weighted by Crippen LogP contribution is 2.22. The summed E-state index contributed by atoms with van der Waals surface area (Å²) in [4.78, 5) is 20.0. The lowest BCUT2D eigenvalue weighted by molar-refractivity contribution is 0.944. The van der Waals surface area contributed by atoms with Crippen molar-refractivity contribution >= 4 is 40.3 Å². The van der Waals surface area contributed by atoms with Crippen LogP contribution in [0.1, 0.15) is 11.4 Å². The zero-order chi connectivity index (χ0) is 20.4. The summed E-state index contributed by atoms with van der Waals surface area (Å²) in [7, 11) is 4.01. The average molecular weight is 402 g/mol. The molecular formula is C24H20ClN3O. The van der Waals surface area contributed by atoms with Gasteiger partial charge in [0.25, 0.3) is 5.56 Å². The normalized spacial score (nSPS) is 11.3. The van der Waals surface area contributed by atoms with Crippen LogP contribution in [0.4, 0.5) is 5.69 Å². The Morgan fingerprint density at radius 3 is 2.31 bits per heavy atom. The molecular weight excluding hydrogens is 382 g/mol. The van der Waals surface area contributed by atoms with Gasteiger partial charge in [0.2, 0.25) is 0 Å². The van der Waals surface area contributed by atoms with Crippen molar-refractivity contribution in [3.05, 3.63) is 99.6 Å². The zero-order valence-electron chi connectivity index (χ0n) is 16.2. The molecule has 1 aromatic heterocycles. The molecule has 5 heteroatoms. The first kappa shape index (κ1) is 19.0. The minimum absolute atomic E-state index is 0.147. The summed E-state index contributed by atoms with van der Waals surface area (Å²) in [6, 6.07) is 22.8. The van der Waals surface area contributed by atoms with E-state index in [9.17, 15) is 4.79 Å². The predicted molar refractivity (Wildman–Crippen MR) is 122 cm³/mol. The second-order valence-corrected chi connectivity index (χ2v) is 7.31. The standard InChI is InChI=1S/C24H20ClN3O/c1-27(2)18-14-11-17(12-15-18)13-16-23-26-21-9-5-3-7-19(21)24(29)28(23)22-10-6-4-8-20(22)25/h3-16H,1-2H3. The summed E-state index contributed by atoms with van der Waals surface area (Å²) in [5.74, 6) is 0.526. The Bertz CT molecular complexity index is 1260. The van der Waals surface area contributed by atoms with Crippen molar-refractivity contribution in [3.8, 4) is 5.69 Å².